The number of likely N-dealkylation sites (N-methyl/N-ethyl adjacent to an activating group) is 1. The average molecular weight is 460 g/mol. The molecule has 1 aliphatic rings. The number of nitrogens with one attached hydrogen (secondary N) is 2. The molecule has 1 aliphatic heterocycles. The highest BCUT2D eigenvalue weighted by Crippen LogP contribution is 2.26. The van der Waals surface area contributed by atoms with Gasteiger partial charge < -0.3 is 26.2 Å². The fourth-order valence-corrected chi connectivity index (χ4v) is 4.14. The highest BCUT2D eigenvalue weighted by Gasteiger charge is 2.40. The van der Waals surface area contributed by atoms with Crippen molar-refractivity contribution in [3.8, 4) is 0 Å². The average Bonchev–Trinajstić information content (AvgIpc) is 3.26. The lowest BCUT2D eigenvalue weighted by Gasteiger charge is -2.37. The fraction of sp³-hybridized carbons (Fsp3) is 0.640. The van der Waals surface area contributed by atoms with E-state index in [0.717, 1.165) is 24.8 Å². The van der Waals surface area contributed by atoms with Gasteiger partial charge in [0.1, 0.15) is 6.04 Å². The summed E-state index contributed by atoms with van der Waals surface area (Å²) in [4.78, 5) is 42.4. The number of carbonyl (C=O) groups is 3. The summed E-state index contributed by atoms with van der Waals surface area (Å²) in [5.74, 6) is -0.414. The normalized spacial score (nSPS) is 18.0. The molecule has 8 heteroatoms. The van der Waals surface area contributed by atoms with E-state index in [1.165, 1.54) is 0 Å². The lowest BCUT2D eigenvalue weighted by molar-refractivity contribution is -0.142. The van der Waals surface area contributed by atoms with Gasteiger partial charge in [0.25, 0.3) is 0 Å². The van der Waals surface area contributed by atoms with E-state index in [-0.39, 0.29) is 30.3 Å². The van der Waals surface area contributed by atoms with Gasteiger partial charge in [-0.1, -0.05) is 51.1 Å². The summed E-state index contributed by atoms with van der Waals surface area (Å²) >= 11 is 0. The van der Waals surface area contributed by atoms with Crippen LogP contribution in [0.2, 0.25) is 0 Å². The molecule has 0 aromatic heterocycles. The van der Waals surface area contributed by atoms with Crippen LogP contribution in [0.25, 0.3) is 0 Å². The molecule has 1 unspecified atom stereocenters. The monoisotopic (exact) mass is 459 g/mol. The van der Waals surface area contributed by atoms with Crippen LogP contribution in [0.5, 0.6) is 0 Å². The third-order valence-electron chi connectivity index (χ3n) is 6.36. The van der Waals surface area contributed by atoms with Crippen molar-refractivity contribution in [3.63, 3.8) is 0 Å². The van der Waals surface area contributed by atoms with Gasteiger partial charge >= 0.3 is 0 Å². The van der Waals surface area contributed by atoms with Gasteiger partial charge in [-0.25, -0.2) is 0 Å². The van der Waals surface area contributed by atoms with E-state index in [1.54, 1.807) is 18.9 Å². The van der Waals surface area contributed by atoms with Crippen LogP contribution in [-0.2, 0) is 20.8 Å². The topological polar surface area (TPSA) is 108 Å². The molecule has 3 amide bonds. The Morgan fingerprint density at radius 1 is 1.21 bits per heavy atom. The number of carbonyl (C=O) groups excluding carboxylic acids is 3. The first-order chi connectivity index (χ1) is 15.6. The number of nitrogens with zero attached hydrogens (tertiary/aromatic N) is 2. The molecule has 2 rings (SSSR count). The quantitative estimate of drug-likeness (QED) is 0.486. The maximum absolute atomic E-state index is 13.6. The van der Waals surface area contributed by atoms with Gasteiger partial charge in [0.2, 0.25) is 17.7 Å². The number of nitrogens with two attached hydrogens (primary N) is 1. The van der Waals surface area contributed by atoms with Crippen molar-refractivity contribution in [2.24, 2.45) is 11.1 Å². The molecule has 0 aliphatic carbocycles. The zero-order valence-corrected chi connectivity index (χ0v) is 20.8. The van der Waals surface area contributed by atoms with Crippen LogP contribution in [0, 0.1) is 5.41 Å². The fourth-order valence-electron chi connectivity index (χ4n) is 4.14. The minimum Gasteiger partial charge on any atom is -0.342 e. The Bertz CT molecular complexity index is 793. The molecule has 1 saturated heterocycles. The number of amides is 3. The third kappa shape index (κ3) is 7.54. The van der Waals surface area contributed by atoms with E-state index in [9.17, 15) is 14.4 Å². The Morgan fingerprint density at radius 2 is 1.88 bits per heavy atom. The first-order valence-electron chi connectivity index (χ1n) is 11.9. The van der Waals surface area contributed by atoms with E-state index < -0.39 is 17.5 Å². The van der Waals surface area contributed by atoms with Gasteiger partial charge in [-0.2, -0.15) is 0 Å². The van der Waals surface area contributed by atoms with Gasteiger partial charge in [0.05, 0.1) is 12.6 Å². The minimum atomic E-state index is -0.649. The van der Waals surface area contributed by atoms with E-state index in [4.69, 9.17) is 5.73 Å². The van der Waals surface area contributed by atoms with E-state index >= 15 is 0 Å². The molecule has 0 bridgehead atoms. The smallest absolute Gasteiger partial charge is 0.246 e. The van der Waals surface area contributed by atoms with Gasteiger partial charge in [0, 0.05) is 25.7 Å². The highest BCUT2D eigenvalue weighted by molar-refractivity contribution is 5.90. The van der Waals surface area contributed by atoms with E-state index in [1.807, 2.05) is 56.0 Å². The van der Waals surface area contributed by atoms with E-state index in [0.29, 0.717) is 19.6 Å². The second kappa shape index (κ2) is 12.1. The minimum absolute atomic E-state index is 0.0575. The van der Waals surface area contributed by atoms with Crippen LogP contribution < -0.4 is 16.4 Å². The molecule has 1 fully saturated rings. The van der Waals surface area contributed by atoms with Gasteiger partial charge in [-0.3, -0.25) is 14.4 Å². The predicted octanol–water partition coefficient (Wildman–Crippen LogP) is 1.15. The molecule has 4 N–H and O–H groups in total. The molecule has 184 valence electrons. The van der Waals surface area contributed by atoms with Crippen molar-refractivity contribution in [1.82, 2.24) is 20.4 Å². The number of benzene rings is 1. The van der Waals surface area contributed by atoms with Crippen molar-refractivity contribution in [2.45, 2.75) is 65.1 Å². The second-order valence-corrected chi connectivity index (χ2v) is 9.93. The number of hydrogen-bond acceptors (Lipinski definition) is 5. The van der Waals surface area contributed by atoms with Crippen molar-refractivity contribution in [3.05, 3.63) is 35.9 Å². The van der Waals surface area contributed by atoms with Gasteiger partial charge in [0.15, 0.2) is 0 Å². The zero-order valence-electron chi connectivity index (χ0n) is 20.8. The Balaban J connectivity index is 2.13. The third-order valence-corrected chi connectivity index (χ3v) is 6.36. The zero-order chi connectivity index (χ0) is 24.6. The Kier molecular flexibility index (Phi) is 9.86. The summed E-state index contributed by atoms with van der Waals surface area (Å²) in [6, 6.07) is 8.88. The molecule has 3 atom stereocenters. The molecular weight excluding hydrogens is 418 g/mol. The lowest BCUT2D eigenvalue weighted by Crippen LogP contribution is -2.59. The molecule has 1 aromatic carbocycles. The standard InChI is InChI=1S/C25H41N5O3/c1-18(27-5)23(32)28-22(25(2,3)4)24(33)30-14-9-12-20(30)17-29(21(31)16-26)15-13-19-10-7-6-8-11-19/h6-8,10-11,18,20,22,27H,9,12-17,26H2,1-5H3,(H,28,32)/t18-,20-,22?/m0/s1. The first kappa shape index (κ1) is 26.8. The summed E-state index contributed by atoms with van der Waals surface area (Å²) in [6.45, 7) is 9.19. The van der Waals surface area contributed by atoms with Crippen LogP contribution >= 0.6 is 0 Å². The van der Waals surface area contributed by atoms with Gasteiger partial charge in [-0.05, 0) is 44.2 Å². The molecular formula is C25H41N5O3. The molecule has 33 heavy (non-hydrogen) atoms. The van der Waals surface area contributed by atoms with Crippen molar-refractivity contribution in [2.75, 3.05) is 33.2 Å². The molecule has 1 heterocycles. The lowest BCUT2D eigenvalue weighted by atomic mass is 9.85. The maximum atomic E-state index is 13.6. The predicted molar refractivity (Wildman–Crippen MR) is 130 cm³/mol. The molecule has 1 aromatic rings. The SMILES string of the molecule is CN[C@@H](C)C(=O)NC(C(=O)N1CCC[C@H]1CN(CCc1ccccc1)C(=O)CN)C(C)(C)C. The number of hydrogen-bond donors (Lipinski definition) is 3. The van der Waals surface area contributed by atoms with Crippen LogP contribution in [0.1, 0.15) is 46.1 Å². The molecule has 0 radical (unpaired) electrons. The second-order valence-electron chi connectivity index (χ2n) is 9.93. The van der Waals surface area contributed by atoms with Crippen molar-refractivity contribution >= 4 is 17.7 Å². The molecule has 0 spiro atoms. The Morgan fingerprint density at radius 3 is 2.45 bits per heavy atom. The van der Waals surface area contributed by atoms with Crippen LogP contribution in [0.4, 0.5) is 0 Å². The largest absolute Gasteiger partial charge is 0.342 e. The summed E-state index contributed by atoms with van der Waals surface area (Å²) in [7, 11) is 1.72. The molecule has 8 nitrogen and oxygen atoms in total. The first-order valence-corrected chi connectivity index (χ1v) is 11.9. The molecule has 0 saturated carbocycles. The summed E-state index contributed by atoms with van der Waals surface area (Å²) < 4.78 is 0. The van der Waals surface area contributed by atoms with Crippen LogP contribution in [0.15, 0.2) is 30.3 Å². The summed E-state index contributed by atoms with van der Waals surface area (Å²) in [5, 5.41) is 5.86. The number of rotatable bonds is 10. The van der Waals surface area contributed by atoms with Gasteiger partial charge in [-0.15, -0.1) is 0 Å². The van der Waals surface area contributed by atoms with Crippen LogP contribution in [0.3, 0.4) is 0 Å². The maximum Gasteiger partial charge on any atom is 0.246 e. The van der Waals surface area contributed by atoms with Crippen LogP contribution in [-0.4, -0.2) is 78.9 Å². The Labute approximate surface area is 198 Å². The van der Waals surface area contributed by atoms with Crippen molar-refractivity contribution in [1.29, 1.82) is 0 Å². The number of likely N-dealkylation sites (tertiary alicyclic amines) is 1. The summed E-state index contributed by atoms with van der Waals surface area (Å²) in [5.41, 5.74) is 6.39. The van der Waals surface area contributed by atoms with Crippen molar-refractivity contribution < 1.29 is 14.4 Å². The summed E-state index contributed by atoms with van der Waals surface area (Å²) in [6.07, 6.45) is 2.43. The Hall–Kier alpha value is -2.45. The highest BCUT2D eigenvalue weighted by atomic mass is 16.2. The van der Waals surface area contributed by atoms with E-state index in [2.05, 4.69) is 10.6 Å².